The molecule has 1 heterocycles. The number of carbonyl (C=O) groups excluding carboxylic acids is 1. The molecule has 0 aliphatic carbocycles. The summed E-state index contributed by atoms with van der Waals surface area (Å²) in [7, 11) is 0. The van der Waals surface area contributed by atoms with Crippen molar-refractivity contribution in [3.8, 4) is 16.9 Å². The van der Waals surface area contributed by atoms with Gasteiger partial charge in [-0.3, -0.25) is 9.59 Å². The summed E-state index contributed by atoms with van der Waals surface area (Å²) in [6.45, 7) is 1.63. The maximum Gasteiger partial charge on any atom is 0.284 e. The smallest absolute Gasteiger partial charge is 0.284 e. The summed E-state index contributed by atoms with van der Waals surface area (Å²) >= 11 is 5.94. The van der Waals surface area contributed by atoms with Crippen LogP contribution in [0.4, 0.5) is 4.39 Å². The zero-order valence-corrected chi connectivity index (χ0v) is 16.4. The Morgan fingerprint density at radius 1 is 1.24 bits per heavy atom. The minimum Gasteiger partial charge on any atom is -0.396 e. The van der Waals surface area contributed by atoms with Gasteiger partial charge in [-0.05, 0) is 49.7 Å². The number of aliphatic hydroxyl groups is 1. The Hall–Kier alpha value is -3.03. The van der Waals surface area contributed by atoms with Crippen molar-refractivity contribution in [1.82, 2.24) is 15.1 Å². The molecule has 0 fully saturated rings. The Morgan fingerprint density at radius 3 is 2.62 bits per heavy atom. The second-order valence-corrected chi connectivity index (χ2v) is 6.97. The number of amides is 1. The number of nitrogens with zero attached hydrogens (tertiary/aromatic N) is 2. The van der Waals surface area contributed by atoms with Gasteiger partial charge in [0.05, 0.1) is 11.4 Å². The summed E-state index contributed by atoms with van der Waals surface area (Å²) in [5.74, 6) is -1.13. The van der Waals surface area contributed by atoms with E-state index in [0.717, 1.165) is 10.7 Å². The highest BCUT2D eigenvalue weighted by Gasteiger charge is 2.19. The molecule has 0 aliphatic heterocycles. The van der Waals surface area contributed by atoms with E-state index in [4.69, 9.17) is 16.7 Å². The summed E-state index contributed by atoms with van der Waals surface area (Å²) in [4.78, 5) is 25.7. The molecule has 6 nitrogen and oxygen atoms in total. The van der Waals surface area contributed by atoms with Gasteiger partial charge in [0, 0.05) is 23.2 Å². The standard InChI is InChI=1S/C21H19ClFN3O3/c1-13(9-10-27)24-20(28)18-12-19(14-5-7-15(22)8-6-14)25-26(21(18)29)17-4-2-3-16(23)11-17/h2-8,11-13,27H,9-10H2,1H3,(H,24,28)/t13-/m1/s1. The van der Waals surface area contributed by atoms with Crippen LogP contribution in [0, 0.1) is 5.82 Å². The Labute approximate surface area is 171 Å². The van der Waals surface area contributed by atoms with Gasteiger partial charge in [-0.2, -0.15) is 9.78 Å². The molecule has 0 spiro atoms. The largest absolute Gasteiger partial charge is 0.396 e. The number of halogens is 2. The second kappa shape index (κ2) is 8.98. The number of hydrogen-bond donors (Lipinski definition) is 2. The van der Waals surface area contributed by atoms with Crippen LogP contribution in [0.15, 0.2) is 59.4 Å². The lowest BCUT2D eigenvalue weighted by atomic mass is 10.1. The third kappa shape index (κ3) is 4.88. The van der Waals surface area contributed by atoms with E-state index in [0.29, 0.717) is 22.7 Å². The van der Waals surface area contributed by atoms with Crippen LogP contribution >= 0.6 is 11.6 Å². The maximum atomic E-state index is 13.7. The molecule has 0 radical (unpaired) electrons. The molecule has 150 valence electrons. The average molecular weight is 416 g/mol. The Kier molecular flexibility index (Phi) is 6.41. The van der Waals surface area contributed by atoms with Crippen molar-refractivity contribution in [3.05, 3.63) is 81.4 Å². The second-order valence-electron chi connectivity index (χ2n) is 6.53. The number of aliphatic hydroxyl groups excluding tert-OH is 1. The van der Waals surface area contributed by atoms with Gasteiger partial charge in [0.2, 0.25) is 0 Å². The van der Waals surface area contributed by atoms with E-state index < -0.39 is 17.3 Å². The highest BCUT2D eigenvalue weighted by Crippen LogP contribution is 2.20. The third-order valence-electron chi connectivity index (χ3n) is 4.29. The van der Waals surface area contributed by atoms with Crippen LogP contribution in [0.1, 0.15) is 23.7 Å². The molecule has 1 aromatic heterocycles. The van der Waals surface area contributed by atoms with E-state index in [-0.39, 0.29) is 23.9 Å². The summed E-state index contributed by atoms with van der Waals surface area (Å²) in [5.41, 5.74) is 0.367. The highest BCUT2D eigenvalue weighted by atomic mass is 35.5. The molecule has 3 rings (SSSR count). The predicted molar refractivity (Wildman–Crippen MR) is 109 cm³/mol. The Balaban J connectivity index is 2.15. The SMILES string of the molecule is C[C@H](CCO)NC(=O)c1cc(-c2ccc(Cl)cc2)nn(-c2cccc(F)c2)c1=O. The van der Waals surface area contributed by atoms with E-state index in [2.05, 4.69) is 10.4 Å². The summed E-state index contributed by atoms with van der Waals surface area (Å²) < 4.78 is 14.7. The van der Waals surface area contributed by atoms with Crippen molar-refractivity contribution in [2.75, 3.05) is 6.61 Å². The van der Waals surface area contributed by atoms with E-state index in [9.17, 15) is 14.0 Å². The summed E-state index contributed by atoms with van der Waals surface area (Å²) in [6.07, 6.45) is 0.346. The molecule has 29 heavy (non-hydrogen) atoms. The van der Waals surface area contributed by atoms with Crippen LogP contribution in [-0.4, -0.2) is 33.4 Å². The lowest BCUT2D eigenvalue weighted by molar-refractivity contribution is 0.0932. The molecule has 8 heteroatoms. The first-order valence-corrected chi connectivity index (χ1v) is 9.35. The van der Waals surface area contributed by atoms with Crippen molar-refractivity contribution in [2.24, 2.45) is 0 Å². The van der Waals surface area contributed by atoms with Crippen molar-refractivity contribution in [1.29, 1.82) is 0 Å². The first kappa shape index (κ1) is 20.7. The van der Waals surface area contributed by atoms with E-state index in [1.54, 1.807) is 31.2 Å². The van der Waals surface area contributed by atoms with Gasteiger partial charge in [0.15, 0.2) is 0 Å². The molecule has 1 amide bonds. The molecule has 0 saturated carbocycles. The molecule has 1 atom stereocenters. The van der Waals surface area contributed by atoms with E-state index in [1.165, 1.54) is 24.3 Å². The van der Waals surface area contributed by atoms with Crippen molar-refractivity contribution >= 4 is 17.5 Å². The number of carbonyl (C=O) groups is 1. The van der Waals surface area contributed by atoms with Gasteiger partial charge in [-0.25, -0.2) is 4.39 Å². The van der Waals surface area contributed by atoms with Crippen LogP contribution < -0.4 is 10.9 Å². The van der Waals surface area contributed by atoms with Crippen LogP contribution in [0.5, 0.6) is 0 Å². The number of hydrogen-bond acceptors (Lipinski definition) is 4. The first-order chi connectivity index (χ1) is 13.9. The lowest BCUT2D eigenvalue weighted by Gasteiger charge is -2.14. The molecule has 0 bridgehead atoms. The average Bonchev–Trinajstić information content (AvgIpc) is 2.69. The highest BCUT2D eigenvalue weighted by molar-refractivity contribution is 6.30. The molecule has 2 N–H and O–H groups in total. The fourth-order valence-electron chi connectivity index (χ4n) is 2.77. The van der Waals surface area contributed by atoms with Crippen LogP contribution in [0.2, 0.25) is 5.02 Å². The fourth-order valence-corrected chi connectivity index (χ4v) is 2.90. The van der Waals surface area contributed by atoms with Crippen LogP contribution in [0.3, 0.4) is 0 Å². The molecule has 0 aliphatic rings. The van der Waals surface area contributed by atoms with Gasteiger partial charge >= 0.3 is 0 Å². The number of nitrogens with one attached hydrogen (secondary N) is 1. The predicted octanol–water partition coefficient (Wildman–Crippen LogP) is 3.19. The minimum absolute atomic E-state index is 0.0959. The lowest BCUT2D eigenvalue weighted by Crippen LogP contribution is -2.38. The van der Waals surface area contributed by atoms with E-state index in [1.807, 2.05) is 0 Å². The number of rotatable bonds is 6. The molecule has 3 aromatic rings. The first-order valence-electron chi connectivity index (χ1n) is 8.97. The number of benzene rings is 2. The van der Waals surface area contributed by atoms with Crippen LogP contribution in [-0.2, 0) is 0 Å². The molecule has 2 aromatic carbocycles. The fraction of sp³-hybridized carbons (Fsp3) is 0.190. The van der Waals surface area contributed by atoms with Gasteiger partial charge in [0.1, 0.15) is 11.4 Å². The molecular weight excluding hydrogens is 397 g/mol. The van der Waals surface area contributed by atoms with Gasteiger partial charge in [-0.1, -0.05) is 29.8 Å². The van der Waals surface area contributed by atoms with Gasteiger partial charge in [0.25, 0.3) is 11.5 Å². The van der Waals surface area contributed by atoms with Gasteiger partial charge in [-0.15, -0.1) is 0 Å². The topological polar surface area (TPSA) is 84.2 Å². The normalized spacial score (nSPS) is 11.9. The van der Waals surface area contributed by atoms with E-state index >= 15 is 0 Å². The molecular formula is C21H19ClFN3O3. The van der Waals surface area contributed by atoms with Crippen molar-refractivity contribution in [2.45, 2.75) is 19.4 Å². The quantitative estimate of drug-likeness (QED) is 0.647. The molecule has 0 unspecified atom stereocenters. The summed E-state index contributed by atoms with van der Waals surface area (Å²) in [6, 6.07) is 13.2. The third-order valence-corrected chi connectivity index (χ3v) is 4.54. The molecule has 0 saturated heterocycles. The monoisotopic (exact) mass is 415 g/mol. The number of aromatic nitrogens is 2. The Morgan fingerprint density at radius 2 is 1.97 bits per heavy atom. The minimum atomic E-state index is -0.679. The maximum absolute atomic E-state index is 13.7. The van der Waals surface area contributed by atoms with Gasteiger partial charge < -0.3 is 10.4 Å². The zero-order chi connectivity index (χ0) is 21.0. The summed E-state index contributed by atoms with van der Waals surface area (Å²) in [5, 5.41) is 16.6. The van der Waals surface area contributed by atoms with Crippen molar-refractivity contribution in [3.63, 3.8) is 0 Å². The van der Waals surface area contributed by atoms with Crippen molar-refractivity contribution < 1.29 is 14.3 Å². The van der Waals surface area contributed by atoms with Crippen LogP contribution in [0.25, 0.3) is 16.9 Å². The Bertz CT molecular complexity index is 1080. The zero-order valence-electron chi connectivity index (χ0n) is 15.6.